The van der Waals surface area contributed by atoms with Crippen molar-refractivity contribution in [3.63, 3.8) is 0 Å². The summed E-state index contributed by atoms with van der Waals surface area (Å²) >= 11 is 0. The van der Waals surface area contributed by atoms with Gasteiger partial charge in [-0.25, -0.2) is 4.39 Å². The van der Waals surface area contributed by atoms with Gasteiger partial charge in [0.05, 0.1) is 19.1 Å². The Labute approximate surface area is 166 Å². The first-order valence-electron chi connectivity index (χ1n) is 10.00. The third-order valence-corrected chi connectivity index (χ3v) is 5.44. The fourth-order valence-corrected chi connectivity index (χ4v) is 3.81. The lowest BCUT2D eigenvalue weighted by molar-refractivity contribution is -0.127. The molecule has 1 aliphatic rings. The van der Waals surface area contributed by atoms with Gasteiger partial charge in [0, 0.05) is 13.1 Å². The maximum Gasteiger partial charge on any atom is 0.224 e. The Morgan fingerprint density at radius 3 is 2.57 bits per heavy atom. The number of benzene rings is 2. The molecule has 0 unspecified atom stereocenters. The van der Waals surface area contributed by atoms with E-state index in [1.807, 2.05) is 36.4 Å². The summed E-state index contributed by atoms with van der Waals surface area (Å²) in [5.41, 5.74) is 2.17. The summed E-state index contributed by atoms with van der Waals surface area (Å²) in [5, 5.41) is 3.23. The average Bonchev–Trinajstić information content (AvgIpc) is 2.74. The third-order valence-electron chi connectivity index (χ3n) is 5.44. The van der Waals surface area contributed by atoms with Crippen LogP contribution < -0.4 is 10.1 Å². The van der Waals surface area contributed by atoms with Gasteiger partial charge in [-0.15, -0.1) is 0 Å². The number of nitrogens with zero attached hydrogens (tertiary/aromatic N) is 1. The minimum absolute atomic E-state index is 0.00545. The number of hydrogen-bond acceptors (Lipinski definition) is 3. The van der Waals surface area contributed by atoms with Gasteiger partial charge in [0.2, 0.25) is 5.91 Å². The van der Waals surface area contributed by atoms with E-state index >= 15 is 0 Å². The summed E-state index contributed by atoms with van der Waals surface area (Å²) in [5.74, 6) is 0.699. The maximum absolute atomic E-state index is 13.1. The van der Waals surface area contributed by atoms with Crippen molar-refractivity contribution in [1.29, 1.82) is 0 Å². The van der Waals surface area contributed by atoms with Crippen LogP contribution in [0.3, 0.4) is 0 Å². The first-order valence-corrected chi connectivity index (χ1v) is 10.00. The molecule has 2 atom stereocenters. The van der Waals surface area contributed by atoms with Crippen molar-refractivity contribution in [3.05, 3.63) is 65.5 Å². The number of rotatable bonds is 7. The Kier molecular flexibility index (Phi) is 7.04. The van der Waals surface area contributed by atoms with Crippen LogP contribution in [-0.2, 0) is 11.3 Å². The van der Waals surface area contributed by atoms with Crippen LogP contribution in [0.4, 0.5) is 4.39 Å². The van der Waals surface area contributed by atoms with Gasteiger partial charge in [-0.3, -0.25) is 9.69 Å². The highest BCUT2D eigenvalue weighted by Crippen LogP contribution is 2.23. The number of carbonyl (C=O) groups excluding carboxylic acids is 1. The molecule has 0 aliphatic carbocycles. The summed E-state index contributed by atoms with van der Waals surface area (Å²) < 4.78 is 18.3. The lowest BCUT2D eigenvalue weighted by Gasteiger charge is -2.33. The molecule has 1 amide bonds. The largest absolute Gasteiger partial charge is 0.497 e. The number of methoxy groups -OCH3 is 1. The van der Waals surface area contributed by atoms with Gasteiger partial charge in [-0.05, 0) is 61.2 Å². The fraction of sp³-hybridized carbons (Fsp3) is 0.435. The molecule has 0 bridgehead atoms. The predicted molar refractivity (Wildman–Crippen MR) is 109 cm³/mol. The van der Waals surface area contributed by atoms with Crippen LogP contribution >= 0.6 is 0 Å². The molecular formula is C23H29FN2O2. The summed E-state index contributed by atoms with van der Waals surface area (Å²) in [4.78, 5) is 15.2. The molecule has 4 nitrogen and oxygen atoms in total. The van der Waals surface area contributed by atoms with E-state index in [0.717, 1.165) is 55.8 Å². The van der Waals surface area contributed by atoms with Crippen molar-refractivity contribution < 1.29 is 13.9 Å². The molecule has 0 aromatic heterocycles. The average molecular weight is 384 g/mol. The molecule has 150 valence electrons. The van der Waals surface area contributed by atoms with Crippen molar-refractivity contribution in [2.45, 2.75) is 38.8 Å². The standard InChI is InChI=1S/C23H29FN2O2/c1-3-22(18-8-12-21(28-2)13-9-18)25-23(27)19-5-4-14-26(16-19)15-17-6-10-20(24)11-7-17/h6-13,19,22H,3-5,14-16H2,1-2H3,(H,25,27)/t19-,22+/m0/s1. The summed E-state index contributed by atoms with van der Waals surface area (Å²) in [6, 6.07) is 14.5. The Bertz CT molecular complexity index is 761. The topological polar surface area (TPSA) is 41.6 Å². The molecule has 2 aromatic rings. The highest BCUT2D eigenvalue weighted by atomic mass is 19.1. The van der Waals surface area contributed by atoms with Crippen molar-refractivity contribution in [1.82, 2.24) is 10.2 Å². The number of piperidine rings is 1. The number of likely N-dealkylation sites (tertiary alicyclic amines) is 1. The number of ether oxygens (including phenoxy) is 1. The molecule has 3 rings (SSSR count). The van der Waals surface area contributed by atoms with E-state index in [1.165, 1.54) is 12.1 Å². The Morgan fingerprint density at radius 2 is 1.93 bits per heavy atom. The van der Waals surface area contributed by atoms with E-state index in [0.29, 0.717) is 0 Å². The number of carbonyl (C=O) groups is 1. The maximum atomic E-state index is 13.1. The second kappa shape index (κ2) is 9.69. The first-order chi connectivity index (χ1) is 13.6. The zero-order chi connectivity index (χ0) is 19.9. The van der Waals surface area contributed by atoms with E-state index in [2.05, 4.69) is 17.1 Å². The fourth-order valence-electron chi connectivity index (χ4n) is 3.81. The van der Waals surface area contributed by atoms with Crippen LogP contribution in [0.15, 0.2) is 48.5 Å². The first kappa shape index (κ1) is 20.3. The number of hydrogen-bond donors (Lipinski definition) is 1. The van der Waals surface area contributed by atoms with Gasteiger partial charge in [0.15, 0.2) is 0 Å². The second-order valence-electron chi connectivity index (χ2n) is 7.44. The van der Waals surface area contributed by atoms with E-state index in [1.54, 1.807) is 7.11 Å². The molecule has 1 aliphatic heterocycles. The normalized spacial score (nSPS) is 18.5. The number of amides is 1. The van der Waals surface area contributed by atoms with E-state index < -0.39 is 0 Å². The monoisotopic (exact) mass is 384 g/mol. The number of halogens is 1. The van der Waals surface area contributed by atoms with Gasteiger partial charge < -0.3 is 10.1 Å². The summed E-state index contributed by atoms with van der Waals surface area (Å²) in [7, 11) is 1.65. The van der Waals surface area contributed by atoms with Crippen molar-refractivity contribution in [3.8, 4) is 5.75 Å². The van der Waals surface area contributed by atoms with Crippen LogP contribution in [0.5, 0.6) is 5.75 Å². The second-order valence-corrected chi connectivity index (χ2v) is 7.44. The van der Waals surface area contributed by atoms with Crippen LogP contribution in [0, 0.1) is 11.7 Å². The van der Waals surface area contributed by atoms with Gasteiger partial charge in [0.25, 0.3) is 0 Å². The van der Waals surface area contributed by atoms with Crippen LogP contribution in [-0.4, -0.2) is 31.0 Å². The molecular weight excluding hydrogens is 355 g/mol. The van der Waals surface area contributed by atoms with E-state index in [9.17, 15) is 9.18 Å². The van der Waals surface area contributed by atoms with Crippen molar-refractivity contribution in [2.75, 3.05) is 20.2 Å². The van der Waals surface area contributed by atoms with E-state index in [4.69, 9.17) is 4.74 Å². The smallest absolute Gasteiger partial charge is 0.224 e. The third kappa shape index (κ3) is 5.32. The lowest BCUT2D eigenvalue weighted by atomic mass is 9.95. The minimum Gasteiger partial charge on any atom is -0.497 e. The molecule has 1 N–H and O–H groups in total. The van der Waals surface area contributed by atoms with Gasteiger partial charge in [0.1, 0.15) is 11.6 Å². The van der Waals surface area contributed by atoms with Gasteiger partial charge in [-0.1, -0.05) is 31.2 Å². The Balaban J connectivity index is 1.58. The molecule has 1 saturated heterocycles. The summed E-state index contributed by atoms with van der Waals surface area (Å²) in [6.07, 6.45) is 2.74. The Morgan fingerprint density at radius 1 is 1.21 bits per heavy atom. The molecule has 1 fully saturated rings. The zero-order valence-electron chi connectivity index (χ0n) is 16.7. The predicted octanol–water partition coefficient (Wildman–Crippen LogP) is 4.31. The molecule has 2 aromatic carbocycles. The molecule has 0 radical (unpaired) electrons. The van der Waals surface area contributed by atoms with Crippen molar-refractivity contribution in [2.24, 2.45) is 5.92 Å². The quantitative estimate of drug-likeness (QED) is 0.773. The molecule has 0 spiro atoms. The van der Waals surface area contributed by atoms with Crippen LogP contribution in [0.2, 0.25) is 0 Å². The highest BCUT2D eigenvalue weighted by Gasteiger charge is 2.27. The lowest BCUT2D eigenvalue weighted by Crippen LogP contribution is -2.43. The van der Waals surface area contributed by atoms with Crippen LogP contribution in [0.1, 0.15) is 43.4 Å². The number of nitrogens with one attached hydrogen (secondary N) is 1. The van der Waals surface area contributed by atoms with Crippen molar-refractivity contribution >= 4 is 5.91 Å². The molecule has 1 heterocycles. The molecule has 28 heavy (non-hydrogen) atoms. The SMILES string of the molecule is CC[C@@H](NC(=O)[C@H]1CCCN(Cc2ccc(F)cc2)C1)c1ccc(OC)cc1. The zero-order valence-corrected chi connectivity index (χ0v) is 16.7. The molecule has 5 heteroatoms. The highest BCUT2D eigenvalue weighted by molar-refractivity contribution is 5.79. The minimum atomic E-state index is -0.219. The summed E-state index contributed by atoms with van der Waals surface area (Å²) in [6.45, 7) is 4.54. The van der Waals surface area contributed by atoms with Gasteiger partial charge >= 0.3 is 0 Å². The van der Waals surface area contributed by atoms with Crippen LogP contribution in [0.25, 0.3) is 0 Å². The molecule has 0 saturated carbocycles. The van der Waals surface area contributed by atoms with E-state index in [-0.39, 0.29) is 23.7 Å². The Hall–Kier alpha value is -2.40. The van der Waals surface area contributed by atoms with Gasteiger partial charge in [-0.2, -0.15) is 0 Å².